The summed E-state index contributed by atoms with van der Waals surface area (Å²) >= 11 is 1.63. The molecular weight excluding hydrogens is 256 g/mol. The molecule has 4 heteroatoms. The first-order valence-corrected chi connectivity index (χ1v) is 6.80. The smallest absolute Gasteiger partial charge is 0.122 e. The van der Waals surface area contributed by atoms with E-state index in [1.807, 2.05) is 37.3 Å². The number of anilines is 2. The fourth-order valence-electron chi connectivity index (χ4n) is 2.08. The third-order valence-corrected chi connectivity index (χ3v) is 3.95. The molecule has 19 heavy (non-hydrogen) atoms. The van der Waals surface area contributed by atoms with Crippen molar-refractivity contribution in [2.75, 3.05) is 11.1 Å². The first kappa shape index (κ1) is 12.0. The minimum Gasteiger partial charge on any atom is -0.507 e. The number of para-hydroxylation sites is 1. The maximum absolute atomic E-state index is 9.78. The van der Waals surface area contributed by atoms with Gasteiger partial charge in [-0.2, -0.15) is 0 Å². The molecule has 0 saturated heterocycles. The van der Waals surface area contributed by atoms with Gasteiger partial charge in [0.25, 0.3) is 0 Å². The molecule has 0 fully saturated rings. The Kier molecular flexibility index (Phi) is 2.87. The van der Waals surface area contributed by atoms with Crippen LogP contribution in [0.2, 0.25) is 0 Å². The maximum atomic E-state index is 9.78. The van der Waals surface area contributed by atoms with Crippen molar-refractivity contribution in [3.63, 3.8) is 0 Å². The van der Waals surface area contributed by atoms with Crippen LogP contribution in [0, 0.1) is 6.92 Å². The highest BCUT2D eigenvalue weighted by Gasteiger charge is 2.18. The highest BCUT2D eigenvalue weighted by atomic mass is 32.2. The molecule has 0 bridgehead atoms. The van der Waals surface area contributed by atoms with Crippen molar-refractivity contribution in [2.24, 2.45) is 0 Å². The number of phenolic OH excluding ortho intramolecular Hbond substituents is 1. The van der Waals surface area contributed by atoms with Crippen LogP contribution in [0.1, 0.15) is 11.1 Å². The molecule has 1 aliphatic heterocycles. The number of fused-ring (bicyclic) bond motifs is 1. The first-order chi connectivity index (χ1) is 9.13. The molecule has 0 amide bonds. The van der Waals surface area contributed by atoms with Gasteiger partial charge in [-0.1, -0.05) is 30.0 Å². The Bertz CT molecular complexity index is 680. The average Bonchev–Trinajstić information content (AvgIpc) is 2.75. The summed E-state index contributed by atoms with van der Waals surface area (Å²) in [5, 5.41) is 14.0. The van der Waals surface area contributed by atoms with E-state index in [1.54, 1.807) is 17.8 Å². The number of nitrogens with one attached hydrogen (secondary N) is 1. The minimum absolute atomic E-state index is 0.275. The zero-order chi connectivity index (χ0) is 13.4. The SMILES string of the molecule is Cc1cc(N)c2c(c1)SC(=Cc1ccccc1O)N2. The number of hydrogen-bond donors (Lipinski definition) is 3. The topological polar surface area (TPSA) is 58.3 Å². The standard InChI is InChI=1S/C15H14N2OS/c1-9-6-11(16)15-13(7-9)19-14(17-15)8-10-4-2-3-5-12(10)18/h2-8,17-18H,16H2,1H3. The highest BCUT2D eigenvalue weighted by molar-refractivity contribution is 8.03. The first-order valence-electron chi connectivity index (χ1n) is 5.98. The second-order valence-electron chi connectivity index (χ2n) is 4.52. The number of phenols is 1. The summed E-state index contributed by atoms with van der Waals surface area (Å²) in [6, 6.07) is 11.3. The predicted molar refractivity (Wildman–Crippen MR) is 81.2 cm³/mol. The summed E-state index contributed by atoms with van der Waals surface area (Å²) in [6.07, 6.45) is 1.93. The van der Waals surface area contributed by atoms with Crippen LogP contribution < -0.4 is 11.1 Å². The summed E-state index contributed by atoms with van der Waals surface area (Å²) in [6.45, 7) is 2.03. The summed E-state index contributed by atoms with van der Waals surface area (Å²) in [5.74, 6) is 0.275. The summed E-state index contributed by atoms with van der Waals surface area (Å²) < 4.78 is 0. The van der Waals surface area contributed by atoms with E-state index in [9.17, 15) is 5.11 Å². The van der Waals surface area contributed by atoms with Crippen molar-refractivity contribution in [3.05, 3.63) is 52.6 Å². The second kappa shape index (κ2) is 4.55. The van der Waals surface area contributed by atoms with Crippen LogP contribution >= 0.6 is 11.8 Å². The van der Waals surface area contributed by atoms with Gasteiger partial charge in [0.2, 0.25) is 0 Å². The van der Waals surface area contributed by atoms with E-state index in [2.05, 4.69) is 11.4 Å². The van der Waals surface area contributed by atoms with E-state index in [4.69, 9.17) is 5.73 Å². The molecule has 0 unspecified atom stereocenters. The molecule has 3 rings (SSSR count). The molecule has 1 heterocycles. The van der Waals surface area contributed by atoms with Gasteiger partial charge in [-0.15, -0.1) is 0 Å². The Balaban J connectivity index is 1.96. The Labute approximate surface area is 116 Å². The van der Waals surface area contributed by atoms with Gasteiger partial charge in [-0.05, 0) is 36.8 Å². The quantitative estimate of drug-likeness (QED) is 0.690. The lowest BCUT2D eigenvalue weighted by Crippen LogP contribution is -1.95. The summed E-state index contributed by atoms with van der Waals surface area (Å²) in [4.78, 5) is 1.12. The molecule has 3 nitrogen and oxygen atoms in total. The number of nitrogen functional groups attached to an aromatic ring is 1. The Hall–Kier alpha value is -2.07. The van der Waals surface area contributed by atoms with Crippen LogP contribution in [0.25, 0.3) is 6.08 Å². The third-order valence-electron chi connectivity index (χ3n) is 2.97. The fourth-order valence-corrected chi connectivity index (χ4v) is 3.17. The van der Waals surface area contributed by atoms with E-state index >= 15 is 0 Å². The Morgan fingerprint density at radius 1 is 1.26 bits per heavy atom. The Morgan fingerprint density at radius 2 is 2.05 bits per heavy atom. The van der Waals surface area contributed by atoms with Crippen LogP contribution in [-0.2, 0) is 0 Å². The summed E-state index contributed by atoms with van der Waals surface area (Å²) in [5.41, 5.74) is 9.65. The molecule has 2 aromatic carbocycles. The lowest BCUT2D eigenvalue weighted by molar-refractivity contribution is 0.474. The molecule has 1 aliphatic rings. The maximum Gasteiger partial charge on any atom is 0.122 e. The molecule has 0 aromatic heterocycles. The van der Waals surface area contributed by atoms with Crippen molar-refractivity contribution in [2.45, 2.75) is 11.8 Å². The van der Waals surface area contributed by atoms with E-state index in [0.29, 0.717) is 0 Å². The third kappa shape index (κ3) is 2.27. The van der Waals surface area contributed by atoms with Crippen LogP contribution in [-0.4, -0.2) is 5.11 Å². The molecule has 0 aliphatic carbocycles. The summed E-state index contributed by atoms with van der Waals surface area (Å²) in [7, 11) is 0. The largest absolute Gasteiger partial charge is 0.507 e. The lowest BCUT2D eigenvalue weighted by atomic mass is 10.2. The molecule has 0 saturated carbocycles. The Morgan fingerprint density at radius 3 is 2.84 bits per heavy atom. The van der Waals surface area contributed by atoms with Crippen molar-refractivity contribution >= 4 is 29.2 Å². The number of nitrogens with two attached hydrogens (primary N) is 1. The molecule has 2 aromatic rings. The van der Waals surface area contributed by atoms with Gasteiger partial charge >= 0.3 is 0 Å². The van der Waals surface area contributed by atoms with E-state index < -0.39 is 0 Å². The number of aryl methyl sites for hydroxylation is 1. The van der Waals surface area contributed by atoms with Gasteiger partial charge in [0.05, 0.1) is 16.4 Å². The molecule has 4 N–H and O–H groups in total. The predicted octanol–water partition coefficient (Wildman–Crippen LogP) is 3.80. The molecule has 0 radical (unpaired) electrons. The van der Waals surface area contributed by atoms with E-state index in [0.717, 1.165) is 32.4 Å². The number of benzene rings is 2. The van der Waals surface area contributed by atoms with Crippen LogP contribution in [0.3, 0.4) is 0 Å². The normalized spacial score (nSPS) is 15.3. The fraction of sp³-hybridized carbons (Fsp3) is 0.0667. The van der Waals surface area contributed by atoms with Gasteiger partial charge in [0.15, 0.2) is 0 Å². The van der Waals surface area contributed by atoms with E-state index in [1.165, 1.54) is 0 Å². The van der Waals surface area contributed by atoms with Crippen molar-refractivity contribution < 1.29 is 5.11 Å². The van der Waals surface area contributed by atoms with Crippen molar-refractivity contribution in [3.8, 4) is 5.75 Å². The minimum atomic E-state index is 0.275. The van der Waals surface area contributed by atoms with Gasteiger partial charge in [0.1, 0.15) is 5.75 Å². The molecule has 0 atom stereocenters. The van der Waals surface area contributed by atoms with Crippen molar-refractivity contribution in [1.29, 1.82) is 0 Å². The molecule has 96 valence electrons. The van der Waals surface area contributed by atoms with E-state index in [-0.39, 0.29) is 5.75 Å². The zero-order valence-electron chi connectivity index (χ0n) is 10.5. The molecular formula is C15H14N2OS. The lowest BCUT2D eigenvalue weighted by Gasteiger charge is -2.04. The average molecular weight is 270 g/mol. The zero-order valence-corrected chi connectivity index (χ0v) is 11.3. The number of rotatable bonds is 1. The molecule has 0 spiro atoms. The number of thioether (sulfide) groups is 1. The van der Waals surface area contributed by atoms with Crippen LogP contribution in [0.5, 0.6) is 5.75 Å². The monoisotopic (exact) mass is 270 g/mol. The highest BCUT2D eigenvalue weighted by Crippen LogP contribution is 2.45. The van der Waals surface area contributed by atoms with Crippen molar-refractivity contribution in [1.82, 2.24) is 0 Å². The number of hydrogen-bond acceptors (Lipinski definition) is 4. The van der Waals surface area contributed by atoms with Gasteiger partial charge in [-0.25, -0.2) is 0 Å². The van der Waals surface area contributed by atoms with Gasteiger partial charge < -0.3 is 16.2 Å². The van der Waals surface area contributed by atoms with Crippen LogP contribution in [0.4, 0.5) is 11.4 Å². The van der Waals surface area contributed by atoms with Crippen LogP contribution in [0.15, 0.2) is 46.3 Å². The van der Waals surface area contributed by atoms with Gasteiger partial charge in [0, 0.05) is 10.5 Å². The number of aromatic hydroxyl groups is 1. The second-order valence-corrected chi connectivity index (χ2v) is 5.61. The van der Waals surface area contributed by atoms with Gasteiger partial charge in [-0.3, -0.25) is 0 Å².